The Labute approximate surface area is 171 Å². The van der Waals surface area contributed by atoms with Crippen LogP contribution in [0.1, 0.15) is 46.0 Å². The summed E-state index contributed by atoms with van der Waals surface area (Å²) in [6.07, 6.45) is -2.41. The van der Waals surface area contributed by atoms with Crippen molar-refractivity contribution in [1.82, 2.24) is 15.3 Å². The van der Waals surface area contributed by atoms with E-state index in [0.29, 0.717) is 17.1 Å². The standard InChI is InChI=1S/C21H22F3N3O3/c1-13-8-17(27-19(26-13)9-18(28)16-6-7-16)20(29)25-10-14-2-4-15(5-3-14)11-30-12-21(22,23)24/h2-5,8,16H,6-7,9-12H2,1H3,(H,25,29). The number of carbonyl (C=O) groups excluding carboxylic acids is 2. The first kappa shape index (κ1) is 21.9. The van der Waals surface area contributed by atoms with Gasteiger partial charge in [-0.25, -0.2) is 9.97 Å². The third-order valence-electron chi connectivity index (χ3n) is 4.51. The lowest BCUT2D eigenvalue weighted by Gasteiger charge is -2.09. The van der Waals surface area contributed by atoms with Crippen molar-refractivity contribution in [2.75, 3.05) is 6.61 Å². The van der Waals surface area contributed by atoms with E-state index in [1.54, 1.807) is 37.3 Å². The number of benzene rings is 1. The largest absolute Gasteiger partial charge is 0.411 e. The average Bonchev–Trinajstić information content (AvgIpc) is 3.51. The molecule has 1 aromatic carbocycles. The highest BCUT2D eigenvalue weighted by atomic mass is 19.4. The number of nitrogens with zero attached hydrogens (tertiary/aromatic N) is 2. The van der Waals surface area contributed by atoms with Crippen molar-refractivity contribution in [1.29, 1.82) is 0 Å². The molecule has 1 aromatic heterocycles. The molecule has 0 atom stereocenters. The molecule has 0 bridgehead atoms. The molecule has 160 valence electrons. The summed E-state index contributed by atoms with van der Waals surface area (Å²) in [5.74, 6) is 0.165. The van der Waals surface area contributed by atoms with E-state index < -0.39 is 18.7 Å². The number of alkyl halides is 3. The van der Waals surface area contributed by atoms with E-state index in [2.05, 4.69) is 20.0 Å². The first-order valence-electron chi connectivity index (χ1n) is 9.57. The van der Waals surface area contributed by atoms with E-state index in [9.17, 15) is 22.8 Å². The molecule has 1 heterocycles. The maximum absolute atomic E-state index is 12.4. The zero-order chi connectivity index (χ0) is 21.7. The molecule has 1 N–H and O–H groups in total. The molecule has 30 heavy (non-hydrogen) atoms. The summed E-state index contributed by atoms with van der Waals surface area (Å²) >= 11 is 0. The molecule has 0 spiro atoms. The number of ether oxygens (including phenoxy) is 1. The van der Waals surface area contributed by atoms with Crippen LogP contribution in [0.25, 0.3) is 0 Å². The maximum atomic E-state index is 12.4. The second-order valence-electron chi connectivity index (χ2n) is 7.34. The number of Topliss-reactive ketones (excluding diaryl/α,β-unsaturated/α-hetero) is 1. The molecule has 9 heteroatoms. The summed E-state index contributed by atoms with van der Waals surface area (Å²) in [5, 5.41) is 2.75. The number of amides is 1. The summed E-state index contributed by atoms with van der Waals surface area (Å²) in [7, 11) is 0. The molecule has 1 aliphatic rings. The van der Waals surface area contributed by atoms with Gasteiger partial charge in [0.15, 0.2) is 0 Å². The Hall–Kier alpha value is -2.81. The lowest BCUT2D eigenvalue weighted by atomic mass is 10.1. The molecule has 6 nitrogen and oxygen atoms in total. The van der Waals surface area contributed by atoms with Gasteiger partial charge < -0.3 is 10.1 Å². The second-order valence-corrected chi connectivity index (χ2v) is 7.34. The van der Waals surface area contributed by atoms with Gasteiger partial charge in [-0.05, 0) is 37.0 Å². The van der Waals surface area contributed by atoms with Crippen LogP contribution < -0.4 is 5.32 Å². The summed E-state index contributed by atoms with van der Waals surface area (Å²) in [5.41, 5.74) is 2.18. The van der Waals surface area contributed by atoms with Gasteiger partial charge in [0.25, 0.3) is 5.91 Å². The molecule has 1 amide bonds. The first-order chi connectivity index (χ1) is 14.2. The van der Waals surface area contributed by atoms with Crippen molar-refractivity contribution in [3.05, 3.63) is 58.7 Å². The molecular formula is C21H22F3N3O3. The quantitative estimate of drug-likeness (QED) is 0.672. The highest BCUT2D eigenvalue weighted by molar-refractivity contribution is 5.92. The van der Waals surface area contributed by atoms with E-state index >= 15 is 0 Å². The van der Waals surface area contributed by atoms with Crippen LogP contribution >= 0.6 is 0 Å². The lowest BCUT2D eigenvalue weighted by Crippen LogP contribution is -2.25. The zero-order valence-electron chi connectivity index (χ0n) is 16.5. The number of carbonyl (C=O) groups is 2. The minimum absolute atomic E-state index is 0.103. The van der Waals surface area contributed by atoms with Crippen LogP contribution in [0, 0.1) is 12.8 Å². The normalized spacial score (nSPS) is 13.9. The molecule has 0 aliphatic heterocycles. The highest BCUT2D eigenvalue weighted by Crippen LogP contribution is 2.30. The van der Waals surface area contributed by atoms with Crippen molar-refractivity contribution < 1.29 is 27.5 Å². The fraction of sp³-hybridized carbons (Fsp3) is 0.429. The molecule has 1 saturated carbocycles. The number of hydrogen-bond donors (Lipinski definition) is 1. The van der Waals surface area contributed by atoms with Gasteiger partial charge in [0.05, 0.1) is 13.0 Å². The Morgan fingerprint density at radius 1 is 1.13 bits per heavy atom. The number of nitrogens with one attached hydrogen (secondary N) is 1. The van der Waals surface area contributed by atoms with Crippen LogP contribution in [0.2, 0.25) is 0 Å². The summed E-state index contributed by atoms with van der Waals surface area (Å²) < 4.78 is 40.9. The minimum atomic E-state index is -4.35. The van der Waals surface area contributed by atoms with Crippen molar-refractivity contribution in [2.24, 2.45) is 5.92 Å². The number of aromatic nitrogens is 2. The number of ketones is 1. The van der Waals surface area contributed by atoms with Gasteiger partial charge in [0.1, 0.15) is 23.9 Å². The van der Waals surface area contributed by atoms with Gasteiger partial charge in [-0.3, -0.25) is 9.59 Å². The minimum Gasteiger partial charge on any atom is -0.367 e. The van der Waals surface area contributed by atoms with E-state index in [1.165, 1.54) is 0 Å². The van der Waals surface area contributed by atoms with Crippen LogP contribution in [0.15, 0.2) is 30.3 Å². The first-order valence-corrected chi connectivity index (χ1v) is 9.57. The third kappa shape index (κ3) is 6.91. The summed E-state index contributed by atoms with van der Waals surface area (Å²) in [6, 6.07) is 8.26. The van der Waals surface area contributed by atoms with Crippen LogP contribution in [-0.2, 0) is 29.1 Å². The monoisotopic (exact) mass is 421 g/mol. The molecular weight excluding hydrogens is 399 g/mol. The predicted octanol–water partition coefficient (Wildman–Crippen LogP) is 3.32. The van der Waals surface area contributed by atoms with Gasteiger partial charge in [0, 0.05) is 18.2 Å². The highest BCUT2D eigenvalue weighted by Gasteiger charge is 2.30. The average molecular weight is 421 g/mol. The molecule has 0 unspecified atom stereocenters. The van der Waals surface area contributed by atoms with E-state index in [-0.39, 0.29) is 37.0 Å². The predicted molar refractivity (Wildman–Crippen MR) is 102 cm³/mol. The second kappa shape index (κ2) is 9.34. The molecule has 2 aromatic rings. The van der Waals surface area contributed by atoms with Crippen LogP contribution in [0.5, 0.6) is 0 Å². The lowest BCUT2D eigenvalue weighted by molar-refractivity contribution is -0.176. The van der Waals surface area contributed by atoms with Crippen molar-refractivity contribution in [2.45, 2.75) is 45.5 Å². The molecule has 1 aliphatic carbocycles. The Bertz CT molecular complexity index is 910. The smallest absolute Gasteiger partial charge is 0.367 e. The Kier molecular flexibility index (Phi) is 6.81. The number of hydrogen-bond acceptors (Lipinski definition) is 5. The van der Waals surface area contributed by atoms with Gasteiger partial charge in [-0.1, -0.05) is 24.3 Å². The van der Waals surface area contributed by atoms with Crippen LogP contribution in [0.4, 0.5) is 13.2 Å². The van der Waals surface area contributed by atoms with Gasteiger partial charge in [0.2, 0.25) is 0 Å². The Morgan fingerprint density at radius 3 is 2.43 bits per heavy atom. The zero-order valence-corrected chi connectivity index (χ0v) is 16.5. The van der Waals surface area contributed by atoms with Crippen LogP contribution in [0.3, 0.4) is 0 Å². The summed E-state index contributed by atoms with van der Waals surface area (Å²) in [4.78, 5) is 32.9. The third-order valence-corrected chi connectivity index (χ3v) is 4.51. The van der Waals surface area contributed by atoms with Gasteiger partial charge in [-0.15, -0.1) is 0 Å². The number of rotatable bonds is 9. The molecule has 0 saturated heterocycles. The van der Waals surface area contributed by atoms with Gasteiger partial charge >= 0.3 is 6.18 Å². The van der Waals surface area contributed by atoms with E-state index in [1.807, 2.05) is 0 Å². The SMILES string of the molecule is Cc1cc(C(=O)NCc2ccc(COCC(F)(F)F)cc2)nc(CC(=O)C2CC2)n1. The molecule has 0 radical (unpaired) electrons. The van der Waals surface area contributed by atoms with Crippen molar-refractivity contribution >= 4 is 11.7 Å². The maximum Gasteiger partial charge on any atom is 0.411 e. The van der Waals surface area contributed by atoms with Crippen molar-refractivity contribution in [3.8, 4) is 0 Å². The Morgan fingerprint density at radius 2 is 1.80 bits per heavy atom. The van der Waals surface area contributed by atoms with Gasteiger partial charge in [-0.2, -0.15) is 13.2 Å². The fourth-order valence-corrected chi connectivity index (χ4v) is 2.84. The van der Waals surface area contributed by atoms with E-state index in [4.69, 9.17) is 0 Å². The number of aryl methyl sites for hydroxylation is 1. The molecule has 3 rings (SSSR count). The fourth-order valence-electron chi connectivity index (χ4n) is 2.84. The Balaban J connectivity index is 1.52. The topological polar surface area (TPSA) is 81.2 Å². The van der Waals surface area contributed by atoms with E-state index in [0.717, 1.165) is 18.4 Å². The van der Waals surface area contributed by atoms with Crippen molar-refractivity contribution in [3.63, 3.8) is 0 Å². The number of halogens is 3. The summed E-state index contributed by atoms with van der Waals surface area (Å²) in [6.45, 7) is 0.525. The molecule has 1 fully saturated rings. The van der Waals surface area contributed by atoms with Crippen LogP contribution in [-0.4, -0.2) is 34.4 Å².